The van der Waals surface area contributed by atoms with E-state index >= 15 is 0 Å². The molecule has 2 aromatic heterocycles. The van der Waals surface area contributed by atoms with Gasteiger partial charge in [-0.15, -0.1) is 0 Å². The molecule has 2 rings (SSSR count). The van der Waals surface area contributed by atoms with E-state index in [-0.39, 0.29) is 11.7 Å². The third-order valence-electron chi connectivity index (χ3n) is 2.72. The third kappa shape index (κ3) is 2.52. The molecule has 0 aliphatic carbocycles. The molecule has 0 amide bonds. The molecule has 0 radical (unpaired) electrons. The van der Waals surface area contributed by atoms with Gasteiger partial charge in [-0.3, -0.25) is 9.13 Å². The van der Waals surface area contributed by atoms with Crippen LogP contribution < -0.4 is 5.69 Å². The van der Waals surface area contributed by atoms with Gasteiger partial charge in [0.25, 0.3) is 0 Å². The predicted octanol–water partition coefficient (Wildman–Crippen LogP) is 1.61. The van der Waals surface area contributed by atoms with Crippen LogP contribution in [0, 0.1) is 0 Å². The number of rotatable bonds is 5. The normalized spacial score (nSPS) is 11.3. The van der Waals surface area contributed by atoms with Crippen LogP contribution in [0.4, 0.5) is 0 Å². The van der Waals surface area contributed by atoms with Gasteiger partial charge in [-0.25, -0.2) is 4.79 Å². The van der Waals surface area contributed by atoms with Crippen molar-refractivity contribution in [1.29, 1.82) is 0 Å². The van der Waals surface area contributed by atoms with Crippen LogP contribution in [0.1, 0.15) is 44.9 Å². The number of hydrogen-bond donors (Lipinski definition) is 0. The average molecular weight is 250 g/mol. The maximum absolute atomic E-state index is 12.0. The highest BCUT2D eigenvalue weighted by atomic mass is 16.5. The van der Waals surface area contributed by atoms with Crippen LogP contribution in [0.15, 0.2) is 21.7 Å². The first-order valence-electron chi connectivity index (χ1n) is 6.20. The molecule has 0 bridgehead atoms. The average Bonchev–Trinajstić information content (AvgIpc) is 2.89. The van der Waals surface area contributed by atoms with Crippen molar-refractivity contribution in [2.45, 2.75) is 46.2 Å². The fourth-order valence-electron chi connectivity index (χ4n) is 1.77. The Kier molecular flexibility index (Phi) is 3.64. The van der Waals surface area contributed by atoms with Crippen LogP contribution in [0.2, 0.25) is 0 Å². The second-order valence-electron chi connectivity index (χ2n) is 4.56. The van der Waals surface area contributed by atoms with E-state index < -0.39 is 0 Å². The number of aryl methyl sites for hydroxylation is 1. The zero-order chi connectivity index (χ0) is 13.1. The molecule has 18 heavy (non-hydrogen) atoms. The molecular weight excluding hydrogens is 232 g/mol. The number of imidazole rings is 1. The van der Waals surface area contributed by atoms with Crippen molar-refractivity contribution in [1.82, 2.24) is 19.3 Å². The summed E-state index contributed by atoms with van der Waals surface area (Å²) in [5.74, 6) is 1.17. The fraction of sp³-hybridized carbons (Fsp3) is 0.583. The second kappa shape index (κ2) is 5.20. The van der Waals surface area contributed by atoms with Crippen LogP contribution in [-0.2, 0) is 13.0 Å². The van der Waals surface area contributed by atoms with Gasteiger partial charge in [-0.1, -0.05) is 12.1 Å². The molecule has 0 saturated heterocycles. The van der Waals surface area contributed by atoms with Crippen molar-refractivity contribution in [2.24, 2.45) is 0 Å². The lowest BCUT2D eigenvalue weighted by atomic mass is 10.3. The first kappa shape index (κ1) is 12.6. The van der Waals surface area contributed by atoms with Crippen molar-refractivity contribution in [3.63, 3.8) is 0 Å². The van der Waals surface area contributed by atoms with E-state index in [9.17, 15) is 4.79 Å². The summed E-state index contributed by atoms with van der Waals surface area (Å²) in [5.41, 5.74) is -0.0553. The molecule has 0 atom stereocenters. The van der Waals surface area contributed by atoms with E-state index in [0.29, 0.717) is 18.3 Å². The van der Waals surface area contributed by atoms with Gasteiger partial charge in [0.05, 0.1) is 0 Å². The summed E-state index contributed by atoms with van der Waals surface area (Å²) < 4.78 is 8.36. The Hall–Kier alpha value is -1.85. The van der Waals surface area contributed by atoms with Gasteiger partial charge in [0.15, 0.2) is 5.82 Å². The Labute approximate surface area is 105 Å². The molecule has 2 heterocycles. The lowest BCUT2D eigenvalue weighted by Gasteiger charge is -2.03. The molecule has 0 fully saturated rings. The summed E-state index contributed by atoms with van der Waals surface area (Å²) >= 11 is 0. The molecule has 6 heteroatoms. The van der Waals surface area contributed by atoms with E-state index in [4.69, 9.17) is 4.52 Å². The molecule has 0 spiro atoms. The molecule has 0 aromatic carbocycles. The Morgan fingerprint density at radius 3 is 2.78 bits per heavy atom. The lowest BCUT2D eigenvalue weighted by molar-refractivity contribution is 0.363. The minimum absolute atomic E-state index is 0.0553. The molecule has 0 unspecified atom stereocenters. The van der Waals surface area contributed by atoms with Gasteiger partial charge in [0, 0.05) is 24.9 Å². The number of aromatic nitrogens is 4. The van der Waals surface area contributed by atoms with Crippen molar-refractivity contribution < 1.29 is 4.52 Å². The smallest absolute Gasteiger partial charge is 0.328 e. The minimum atomic E-state index is -0.0553. The quantitative estimate of drug-likeness (QED) is 0.808. The Bertz CT molecular complexity index is 565. The fourth-order valence-corrected chi connectivity index (χ4v) is 1.77. The largest absolute Gasteiger partial charge is 0.337 e. The molecule has 0 aliphatic heterocycles. The summed E-state index contributed by atoms with van der Waals surface area (Å²) in [7, 11) is 0. The summed E-state index contributed by atoms with van der Waals surface area (Å²) in [6, 6.07) is 0.150. The second-order valence-corrected chi connectivity index (χ2v) is 4.56. The Morgan fingerprint density at radius 1 is 1.39 bits per heavy atom. The highest BCUT2D eigenvalue weighted by Gasteiger charge is 2.10. The van der Waals surface area contributed by atoms with Crippen LogP contribution in [-0.4, -0.2) is 19.3 Å². The van der Waals surface area contributed by atoms with E-state index in [2.05, 4.69) is 17.1 Å². The van der Waals surface area contributed by atoms with Crippen LogP contribution >= 0.6 is 0 Å². The van der Waals surface area contributed by atoms with Gasteiger partial charge in [-0.05, 0) is 20.3 Å². The van der Waals surface area contributed by atoms with Crippen molar-refractivity contribution >= 4 is 0 Å². The van der Waals surface area contributed by atoms with Crippen LogP contribution in [0.5, 0.6) is 0 Å². The summed E-state index contributed by atoms with van der Waals surface area (Å²) in [4.78, 5) is 16.2. The highest BCUT2D eigenvalue weighted by molar-refractivity contribution is 4.91. The number of nitrogens with zero attached hydrogens (tertiary/aromatic N) is 4. The molecule has 2 aromatic rings. The maximum Gasteiger partial charge on any atom is 0.328 e. The lowest BCUT2D eigenvalue weighted by Crippen LogP contribution is -2.25. The highest BCUT2D eigenvalue weighted by Crippen LogP contribution is 2.03. The molecule has 0 saturated carbocycles. The van der Waals surface area contributed by atoms with Crippen LogP contribution in [0.25, 0.3) is 0 Å². The molecular formula is C12H18N4O2. The summed E-state index contributed by atoms with van der Waals surface area (Å²) in [6.45, 7) is 6.33. The molecule has 98 valence electrons. The molecule has 6 nitrogen and oxygen atoms in total. The van der Waals surface area contributed by atoms with E-state index in [1.54, 1.807) is 21.5 Å². The van der Waals surface area contributed by atoms with Crippen molar-refractivity contribution in [2.75, 3.05) is 0 Å². The Morgan fingerprint density at radius 2 is 2.17 bits per heavy atom. The van der Waals surface area contributed by atoms with Gasteiger partial charge < -0.3 is 4.52 Å². The summed E-state index contributed by atoms with van der Waals surface area (Å²) in [5, 5.41) is 3.87. The minimum Gasteiger partial charge on any atom is -0.337 e. The van der Waals surface area contributed by atoms with Gasteiger partial charge in [0.1, 0.15) is 6.54 Å². The third-order valence-corrected chi connectivity index (χ3v) is 2.72. The first-order chi connectivity index (χ1) is 8.61. The van der Waals surface area contributed by atoms with E-state index in [0.717, 1.165) is 12.8 Å². The topological polar surface area (TPSA) is 65.8 Å². The standard InChI is InChI=1S/C12H18N4O2/c1-4-5-10-13-11(18-14-10)8-15-6-7-16(9(2)3)12(15)17/h6-7,9H,4-5,8H2,1-3H3. The van der Waals surface area contributed by atoms with Crippen molar-refractivity contribution in [3.8, 4) is 0 Å². The monoisotopic (exact) mass is 250 g/mol. The van der Waals surface area contributed by atoms with Crippen LogP contribution in [0.3, 0.4) is 0 Å². The summed E-state index contributed by atoms with van der Waals surface area (Å²) in [6.07, 6.45) is 5.29. The van der Waals surface area contributed by atoms with Gasteiger partial charge >= 0.3 is 5.69 Å². The van der Waals surface area contributed by atoms with Crippen molar-refractivity contribution in [3.05, 3.63) is 34.6 Å². The zero-order valence-electron chi connectivity index (χ0n) is 11.0. The van der Waals surface area contributed by atoms with Gasteiger partial charge in [-0.2, -0.15) is 4.98 Å². The SMILES string of the molecule is CCCc1noc(Cn2ccn(C(C)C)c2=O)n1. The Balaban J connectivity index is 2.16. The van der Waals surface area contributed by atoms with E-state index in [1.807, 2.05) is 13.8 Å². The van der Waals surface area contributed by atoms with E-state index in [1.165, 1.54) is 0 Å². The zero-order valence-corrected chi connectivity index (χ0v) is 11.0. The molecule has 0 aliphatic rings. The molecule has 0 N–H and O–H groups in total. The van der Waals surface area contributed by atoms with Gasteiger partial charge in [0.2, 0.25) is 5.89 Å². The number of hydrogen-bond acceptors (Lipinski definition) is 4. The predicted molar refractivity (Wildman–Crippen MR) is 66.5 cm³/mol. The maximum atomic E-state index is 12.0. The first-order valence-corrected chi connectivity index (χ1v) is 6.20.